The fraction of sp³-hybridized carbons (Fsp3) is 0.385. The number of anilines is 1. The van der Waals surface area contributed by atoms with Crippen LogP contribution in [0.3, 0.4) is 0 Å². The van der Waals surface area contributed by atoms with Crippen LogP contribution in [-0.2, 0) is 7.05 Å². The zero-order chi connectivity index (χ0) is 23.4. The number of rotatable bonds is 8. The molecular weight excluding hydrogens is 412 g/mol. The summed E-state index contributed by atoms with van der Waals surface area (Å²) in [6.07, 6.45) is 6.99. The van der Waals surface area contributed by atoms with Crippen LogP contribution in [0.2, 0.25) is 0 Å². The maximum atomic E-state index is 13.2. The molecule has 1 atom stereocenters. The van der Waals surface area contributed by atoms with Crippen LogP contribution >= 0.6 is 0 Å². The summed E-state index contributed by atoms with van der Waals surface area (Å²) < 4.78 is 1.67. The number of hydrogen-bond donors (Lipinski definition) is 2. The SMILES string of the molecule is C=N/C(C#N)=C\C=C(/C)c1nc(NC[C@H]2CCNC2)c(=O)n(C)c1-c1ccc(C2CC2)cc1. The Balaban J connectivity index is 1.77. The maximum absolute atomic E-state index is 13.2. The van der Waals surface area contributed by atoms with Crippen LogP contribution in [0.5, 0.6) is 0 Å². The minimum Gasteiger partial charge on any atom is -0.365 e. The van der Waals surface area contributed by atoms with Gasteiger partial charge in [0.05, 0.1) is 11.4 Å². The standard InChI is InChI=1S/C26H30N6O/c1-17(4-11-22(14-27)28-2)23-24(21-9-7-20(8-10-21)19-5-6-19)32(3)26(33)25(31-23)30-16-18-12-13-29-15-18/h4,7-11,18-19,29H,2,5-6,12-13,15-16H2,1,3H3,(H,30,31)/b17-4+,22-11-/t18-/m0/s1. The van der Waals surface area contributed by atoms with Gasteiger partial charge in [0.1, 0.15) is 11.8 Å². The summed E-state index contributed by atoms with van der Waals surface area (Å²) in [6.45, 7) is 8.01. The number of nitrogens with zero attached hydrogens (tertiary/aromatic N) is 4. The molecule has 7 heteroatoms. The molecule has 0 unspecified atom stereocenters. The first kappa shape index (κ1) is 22.7. The first-order valence-corrected chi connectivity index (χ1v) is 11.4. The lowest BCUT2D eigenvalue weighted by atomic mass is 10.0. The van der Waals surface area contributed by atoms with Gasteiger partial charge in [-0.2, -0.15) is 5.26 Å². The van der Waals surface area contributed by atoms with Gasteiger partial charge in [0.2, 0.25) is 0 Å². The van der Waals surface area contributed by atoms with Crippen molar-refractivity contribution in [2.75, 3.05) is 25.0 Å². The van der Waals surface area contributed by atoms with Gasteiger partial charge in [-0.3, -0.25) is 9.79 Å². The molecule has 0 bridgehead atoms. The smallest absolute Gasteiger partial charge is 0.293 e. The van der Waals surface area contributed by atoms with Crippen molar-refractivity contribution in [2.45, 2.75) is 32.1 Å². The molecule has 1 aliphatic carbocycles. The fourth-order valence-electron chi connectivity index (χ4n) is 4.22. The second-order valence-corrected chi connectivity index (χ2v) is 8.83. The molecule has 2 aromatic rings. The number of benzene rings is 1. The van der Waals surface area contributed by atoms with Crippen LogP contribution in [0.1, 0.15) is 43.4 Å². The Bertz CT molecular complexity index is 1190. The molecule has 2 heterocycles. The summed E-state index contributed by atoms with van der Waals surface area (Å²) in [7, 11) is 1.79. The third kappa shape index (κ3) is 5.12. The Morgan fingerprint density at radius 2 is 2.09 bits per heavy atom. The summed E-state index contributed by atoms with van der Waals surface area (Å²) in [5.74, 6) is 1.49. The molecule has 33 heavy (non-hydrogen) atoms. The van der Waals surface area contributed by atoms with Crippen LogP contribution in [0.4, 0.5) is 5.82 Å². The quantitative estimate of drug-likeness (QED) is 0.368. The molecule has 1 aromatic carbocycles. The fourth-order valence-corrected chi connectivity index (χ4v) is 4.22. The number of hydrogen-bond acceptors (Lipinski definition) is 6. The average Bonchev–Trinajstić information content (AvgIpc) is 3.55. The first-order chi connectivity index (χ1) is 16.0. The third-order valence-electron chi connectivity index (χ3n) is 6.39. The van der Waals surface area contributed by atoms with E-state index in [2.05, 4.69) is 46.6 Å². The van der Waals surface area contributed by atoms with Gasteiger partial charge in [0.15, 0.2) is 5.82 Å². The van der Waals surface area contributed by atoms with E-state index in [1.54, 1.807) is 23.8 Å². The van der Waals surface area contributed by atoms with E-state index in [0.29, 0.717) is 29.9 Å². The molecule has 7 nitrogen and oxygen atoms in total. The van der Waals surface area contributed by atoms with Crippen LogP contribution in [0, 0.1) is 17.2 Å². The van der Waals surface area contributed by atoms with Crippen LogP contribution < -0.4 is 16.2 Å². The van der Waals surface area contributed by atoms with Crippen LogP contribution in [-0.4, -0.2) is 35.9 Å². The number of aliphatic imine (C=N–C) groups is 1. The van der Waals surface area contributed by atoms with Crippen molar-refractivity contribution in [3.8, 4) is 17.3 Å². The van der Waals surface area contributed by atoms with Gasteiger partial charge in [-0.05, 0) is 75.0 Å². The Hall–Kier alpha value is -3.50. The van der Waals surface area contributed by atoms with Crippen molar-refractivity contribution in [2.24, 2.45) is 18.0 Å². The van der Waals surface area contributed by atoms with Gasteiger partial charge in [0, 0.05) is 19.2 Å². The highest BCUT2D eigenvalue weighted by molar-refractivity contribution is 5.78. The van der Waals surface area contributed by atoms with Crippen molar-refractivity contribution >= 4 is 18.1 Å². The lowest BCUT2D eigenvalue weighted by Crippen LogP contribution is -2.28. The average molecular weight is 443 g/mol. The maximum Gasteiger partial charge on any atom is 0.293 e. The lowest BCUT2D eigenvalue weighted by Gasteiger charge is -2.18. The molecule has 2 fully saturated rings. The normalized spacial score (nSPS) is 18.8. The van der Waals surface area contributed by atoms with Gasteiger partial charge in [0.25, 0.3) is 5.56 Å². The highest BCUT2D eigenvalue weighted by atomic mass is 16.1. The van der Waals surface area contributed by atoms with E-state index >= 15 is 0 Å². The zero-order valence-corrected chi connectivity index (χ0v) is 19.3. The summed E-state index contributed by atoms with van der Waals surface area (Å²) in [5.41, 5.74) is 4.62. The number of aromatic nitrogens is 2. The highest BCUT2D eigenvalue weighted by Gasteiger charge is 2.24. The van der Waals surface area contributed by atoms with Crippen molar-refractivity contribution in [3.05, 3.63) is 63.7 Å². The minimum absolute atomic E-state index is 0.153. The van der Waals surface area contributed by atoms with E-state index in [9.17, 15) is 4.79 Å². The summed E-state index contributed by atoms with van der Waals surface area (Å²) >= 11 is 0. The van der Waals surface area contributed by atoms with E-state index < -0.39 is 0 Å². The Labute approximate surface area is 194 Å². The largest absolute Gasteiger partial charge is 0.365 e. The predicted octanol–water partition coefficient (Wildman–Crippen LogP) is 3.86. The topological polar surface area (TPSA) is 95.1 Å². The molecule has 0 spiro atoms. The van der Waals surface area contributed by atoms with Gasteiger partial charge in [-0.25, -0.2) is 4.98 Å². The highest BCUT2D eigenvalue weighted by Crippen LogP contribution is 2.40. The summed E-state index contributed by atoms with van der Waals surface area (Å²) in [5, 5.41) is 15.8. The molecule has 1 aliphatic heterocycles. The Morgan fingerprint density at radius 3 is 2.70 bits per heavy atom. The molecule has 0 amide bonds. The zero-order valence-electron chi connectivity index (χ0n) is 19.3. The van der Waals surface area contributed by atoms with Gasteiger partial charge in [-0.15, -0.1) is 0 Å². The van der Waals surface area contributed by atoms with E-state index in [4.69, 9.17) is 10.2 Å². The van der Waals surface area contributed by atoms with E-state index in [1.807, 2.05) is 13.0 Å². The molecular formula is C26H30N6O. The van der Waals surface area contributed by atoms with Crippen LogP contribution in [0.15, 0.2) is 51.9 Å². The number of nitrogens with one attached hydrogen (secondary N) is 2. The first-order valence-electron chi connectivity index (χ1n) is 11.4. The minimum atomic E-state index is -0.153. The molecule has 0 radical (unpaired) electrons. The lowest BCUT2D eigenvalue weighted by molar-refractivity contribution is 0.613. The molecule has 2 N–H and O–H groups in total. The molecule has 2 aliphatic rings. The molecule has 1 saturated carbocycles. The number of allylic oxidation sites excluding steroid dienone is 4. The van der Waals surface area contributed by atoms with Crippen molar-refractivity contribution < 1.29 is 0 Å². The second kappa shape index (κ2) is 9.97. The predicted molar refractivity (Wildman–Crippen MR) is 133 cm³/mol. The van der Waals surface area contributed by atoms with Crippen LogP contribution in [0.25, 0.3) is 16.8 Å². The summed E-state index contributed by atoms with van der Waals surface area (Å²) in [4.78, 5) is 21.7. The Morgan fingerprint density at radius 1 is 1.33 bits per heavy atom. The summed E-state index contributed by atoms with van der Waals surface area (Å²) in [6, 6.07) is 10.4. The Kier molecular flexibility index (Phi) is 6.85. The second-order valence-electron chi connectivity index (χ2n) is 8.83. The van der Waals surface area contributed by atoms with Gasteiger partial charge >= 0.3 is 0 Å². The number of nitriles is 1. The van der Waals surface area contributed by atoms with E-state index in [1.165, 1.54) is 18.4 Å². The monoisotopic (exact) mass is 442 g/mol. The van der Waals surface area contributed by atoms with E-state index in [0.717, 1.165) is 36.3 Å². The molecule has 170 valence electrons. The molecule has 1 aromatic heterocycles. The van der Waals surface area contributed by atoms with Crippen molar-refractivity contribution in [3.63, 3.8) is 0 Å². The molecule has 4 rings (SSSR count). The third-order valence-corrected chi connectivity index (χ3v) is 6.39. The van der Waals surface area contributed by atoms with Crippen molar-refractivity contribution in [1.82, 2.24) is 14.9 Å². The molecule has 1 saturated heterocycles. The van der Waals surface area contributed by atoms with Gasteiger partial charge in [-0.1, -0.05) is 30.3 Å². The van der Waals surface area contributed by atoms with Crippen molar-refractivity contribution in [1.29, 1.82) is 5.26 Å². The van der Waals surface area contributed by atoms with E-state index in [-0.39, 0.29) is 11.3 Å². The van der Waals surface area contributed by atoms with Gasteiger partial charge < -0.3 is 15.2 Å².